The summed E-state index contributed by atoms with van der Waals surface area (Å²) < 4.78 is 61.2. The van der Waals surface area contributed by atoms with Crippen LogP contribution < -0.4 is 4.74 Å². The van der Waals surface area contributed by atoms with Gasteiger partial charge in [0.05, 0.1) is 16.8 Å². The van der Waals surface area contributed by atoms with E-state index in [2.05, 4.69) is 4.98 Å². The quantitative estimate of drug-likeness (QED) is 0.179. The number of hydrogen-bond donors (Lipinski definition) is 0. The van der Waals surface area contributed by atoms with E-state index in [-0.39, 0.29) is 16.5 Å². The van der Waals surface area contributed by atoms with Crippen LogP contribution in [0.3, 0.4) is 0 Å². The van der Waals surface area contributed by atoms with Gasteiger partial charge in [0, 0.05) is 16.3 Å². The Morgan fingerprint density at radius 1 is 0.972 bits per heavy atom. The molecule has 0 N–H and O–H groups in total. The average molecular weight is 529 g/mol. The smallest absolute Gasteiger partial charge is 0.417 e. The fourth-order valence-electron chi connectivity index (χ4n) is 3.34. The third kappa shape index (κ3) is 6.17. The fourth-order valence-corrected chi connectivity index (χ4v) is 4.45. The van der Waals surface area contributed by atoms with Crippen molar-refractivity contribution in [3.8, 4) is 23.1 Å². The standard InChI is InChI=1S/C27H17ClF4N2OS/c28-20-9-5-17(6-10-20)15-35-21-11-7-18(8-12-21)25-13-23(27(30,31)32)22(14-33)26(34-25)36-16-19-3-1-2-4-24(19)29/h1-13H,15-16H2. The fraction of sp³-hybridized carbons (Fsp3) is 0.111. The van der Waals surface area contributed by atoms with Crippen LogP contribution in [0.25, 0.3) is 11.3 Å². The number of ether oxygens (including phenoxy) is 1. The molecule has 0 saturated heterocycles. The second kappa shape index (κ2) is 11.0. The molecule has 9 heteroatoms. The van der Waals surface area contributed by atoms with E-state index in [4.69, 9.17) is 16.3 Å². The molecule has 182 valence electrons. The van der Waals surface area contributed by atoms with Crippen molar-refractivity contribution in [2.24, 2.45) is 0 Å². The summed E-state index contributed by atoms with van der Waals surface area (Å²) in [5, 5.41) is 9.98. The monoisotopic (exact) mass is 528 g/mol. The van der Waals surface area contributed by atoms with Gasteiger partial charge >= 0.3 is 6.18 Å². The van der Waals surface area contributed by atoms with Crippen LogP contribution in [-0.4, -0.2) is 4.98 Å². The van der Waals surface area contributed by atoms with Gasteiger partial charge in [0.1, 0.15) is 29.3 Å². The van der Waals surface area contributed by atoms with E-state index >= 15 is 0 Å². The molecule has 36 heavy (non-hydrogen) atoms. The van der Waals surface area contributed by atoms with Crippen LogP contribution in [0.2, 0.25) is 5.02 Å². The van der Waals surface area contributed by atoms with Gasteiger partial charge in [-0.15, -0.1) is 11.8 Å². The molecule has 1 heterocycles. The predicted molar refractivity (Wildman–Crippen MR) is 131 cm³/mol. The van der Waals surface area contributed by atoms with Crippen molar-refractivity contribution in [3.63, 3.8) is 0 Å². The SMILES string of the molecule is N#Cc1c(C(F)(F)F)cc(-c2ccc(OCc3ccc(Cl)cc3)cc2)nc1SCc1ccccc1F. The van der Waals surface area contributed by atoms with E-state index in [1.807, 2.05) is 12.1 Å². The molecule has 1 aromatic heterocycles. The van der Waals surface area contributed by atoms with E-state index in [1.54, 1.807) is 48.5 Å². The molecule has 0 spiro atoms. The Morgan fingerprint density at radius 3 is 2.31 bits per heavy atom. The maximum atomic E-state index is 14.0. The summed E-state index contributed by atoms with van der Waals surface area (Å²) >= 11 is 6.76. The molecule has 3 nitrogen and oxygen atoms in total. The minimum absolute atomic E-state index is 0.0204. The molecule has 0 unspecified atom stereocenters. The van der Waals surface area contributed by atoms with Crippen LogP contribution >= 0.6 is 23.4 Å². The number of alkyl halides is 3. The van der Waals surface area contributed by atoms with Gasteiger partial charge in [0.25, 0.3) is 0 Å². The molecule has 0 atom stereocenters. The van der Waals surface area contributed by atoms with Gasteiger partial charge in [0.2, 0.25) is 0 Å². The van der Waals surface area contributed by atoms with E-state index in [9.17, 15) is 22.8 Å². The Labute approximate surface area is 214 Å². The molecule has 0 saturated carbocycles. The second-order valence-electron chi connectivity index (χ2n) is 7.66. The lowest BCUT2D eigenvalue weighted by Gasteiger charge is -2.15. The summed E-state index contributed by atoms with van der Waals surface area (Å²) in [7, 11) is 0. The lowest BCUT2D eigenvalue weighted by molar-refractivity contribution is -0.138. The molecule has 4 rings (SSSR count). The van der Waals surface area contributed by atoms with Crippen LogP contribution in [0.4, 0.5) is 17.6 Å². The normalized spacial score (nSPS) is 11.2. The number of nitrogens with zero attached hydrogens (tertiary/aromatic N) is 2. The van der Waals surface area contributed by atoms with Gasteiger partial charge < -0.3 is 4.74 Å². The number of halogens is 5. The molecular weight excluding hydrogens is 512 g/mol. The highest BCUT2D eigenvalue weighted by atomic mass is 35.5. The van der Waals surface area contributed by atoms with Gasteiger partial charge in [-0.05, 0) is 59.7 Å². The summed E-state index contributed by atoms with van der Waals surface area (Å²) in [6, 6.07) is 22.0. The first-order valence-corrected chi connectivity index (χ1v) is 12.0. The van der Waals surface area contributed by atoms with Crippen LogP contribution in [0, 0.1) is 17.1 Å². The lowest BCUT2D eigenvalue weighted by atomic mass is 10.1. The highest BCUT2D eigenvalue weighted by molar-refractivity contribution is 7.98. The number of thioether (sulfide) groups is 1. The van der Waals surface area contributed by atoms with Gasteiger partial charge in [-0.1, -0.05) is 41.9 Å². The van der Waals surface area contributed by atoms with Crippen LogP contribution in [-0.2, 0) is 18.5 Å². The van der Waals surface area contributed by atoms with E-state index in [1.165, 1.54) is 18.2 Å². The Morgan fingerprint density at radius 2 is 1.67 bits per heavy atom. The topological polar surface area (TPSA) is 45.9 Å². The molecule has 0 aliphatic carbocycles. The Balaban J connectivity index is 1.61. The molecular formula is C27H17ClF4N2OS. The molecule has 3 aromatic carbocycles. The van der Waals surface area contributed by atoms with E-state index in [0.29, 0.717) is 28.5 Å². The van der Waals surface area contributed by atoms with E-state index < -0.39 is 23.1 Å². The zero-order valence-corrected chi connectivity index (χ0v) is 20.1. The van der Waals surface area contributed by atoms with Crippen molar-refractivity contribution in [2.75, 3.05) is 0 Å². The van der Waals surface area contributed by atoms with Gasteiger partial charge in [-0.25, -0.2) is 9.37 Å². The first kappa shape index (κ1) is 25.5. The average Bonchev–Trinajstić information content (AvgIpc) is 2.87. The maximum absolute atomic E-state index is 14.0. The highest BCUT2D eigenvalue weighted by Crippen LogP contribution is 2.39. The van der Waals surface area contributed by atoms with Crippen molar-refractivity contribution < 1.29 is 22.3 Å². The van der Waals surface area contributed by atoms with Crippen LogP contribution in [0.1, 0.15) is 22.3 Å². The minimum atomic E-state index is -4.77. The third-order valence-corrected chi connectivity index (χ3v) is 6.47. The number of aromatic nitrogens is 1. The van der Waals surface area contributed by atoms with Crippen molar-refractivity contribution >= 4 is 23.4 Å². The van der Waals surface area contributed by atoms with Crippen molar-refractivity contribution in [2.45, 2.75) is 23.6 Å². The number of nitriles is 1. The van der Waals surface area contributed by atoms with Crippen molar-refractivity contribution in [1.29, 1.82) is 5.26 Å². The van der Waals surface area contributed by atoms with Crippen LogP contribution in [0.15, 0.2) is 83.9 Å². The Hall–Kier alpha value is -3.54. The van der Waals surface area contributed by atoms with Gasteiger partial charge in [-0.3, -0.25) is 0 Å². The maximum Gasteiger partial charge on any atom is 0.417 e. The first-order valence-electron chi connectivity index (χ1n) is 10.6. The largest absolute Gasteiger partial charge is 0.489 e. The van der Waals surface area contributed by atoms with Gasteiger partial charge in [0.15, 0.2) is 0 Å². The molecule has 0 radical (unpaired) electrons. The number of benzene rings is 3. The minimum Gasteiger partial charge on any atom is -0.489 e. The van der Waals surface area contributed by atoms with E-state index in [0.717, 1.165) is 23.4 Å². The number of rotatable bonds is 7. The molecule has 0 aliphatic rings. The zero-order valence-electron chi connectivity index (χ0n) is 18.5. The molecule has 0 fully saturated rings. The summed E-state index contributed by atoms with van der Waals surface area (Å²) in [6.45, 7) is 0.292. The molecule has 0 aliphatic heterocycles. The molecule has 0 amide bonds. The van der Waals surface area contributed by atoms with Gasteiger partial charge in [-0.2, -0.15) is 18.4 Å². The first-order chi connectivity index (χ1) is 17.2. The number of pyridine rings is 1. The lowest BCUT2D eigenvalue weighted by Crippen LogP contribution is -2.10. The summed E-state index contributed by atoms with van der Waals surface area (Å²) in [4.78, 5) is 4.33. The summed E-state index contributed by atoms with van der Waals surface area (Å²) in [5.41, 5.74) is -0.0132. The molecule has 4 aromatic rings. The summed E-state index contributed by atoms with van der Waals surface area (Å²) in [6.07, 6.45) is -4.77. The highest BCUT2D eigenvalue weighted by Gasteiger charge is 2.36. The zero-order chi connectivity index (χ0) is 25.7. The number of hydrogen-bond acceptors (Lipinski definition) is 4. The Kier molecular flexibility index (Phi) is 7.82. The molecule has 0 bridgehead atoms. The van der Waals surface area contributed by atoms with Crippen molar-refractivity contribution in [3.05, 3.63) is 112 Å². The predicted octanol–water partition coefficient (Wildman–Crippen LogP) is 8.30. The van der Waals surface area contributed by atoms with Crippen LogP contribution in [0.5, 0.6) is 5.75 Å². The van der Waals surface area contributed by atoms with Crippen molar-refractivity contribution in [1.82, 2.24) is 4.98 Å². The second-order valence-corrected chi connectivity index (χ2v) is 9.06. The third-order valence-electron chi connectivity index (χ3n) is 5.19. The summed E-state index contributed by atoms with van der Waals surface area (Å²) in [5.74, 6) is 0.0597. The Bertz CT molecular complexity index is 1400.